The Morgan fingerprint density at radius 2 is 1.29 bits per heavy atom. The molecule has 6 rings (SSSR count). The number of carboxylic acids is 1. The van der Waals surface area contributed by atoms with Crippen molar-refractivity contribution in [2.24, 2.45) is 11.8 Å². The fourth-order valence-corrected chi connectivity index (χ4v) is 7.38. The van der Waals surface area contributed by atoms with Gasteiger partial charge in [-0.3, -0.25) is 24.0 Å². The van der Waals surface area contributed by atoms with Gasteiger partial charge >= 0.3 is 5.97 Å². The number of para-hydroxylation sites is 1. The summed E-state index contributed by atoms with van der Waals surface area (Å²) in [5.74, 6) is -5.35. The van der Waals surface area contributed by atoms with Crippen LogP contribution >= 0.6 is 0 Å². The smallest absolute Gasteiger partial charge is 0.305 e. The highest BCUT2D eigenvalue weighted by Crippen LogP contribution is 2.31. The molecule has 286 valence electrons. The lowest BCUT2D eigenvalue weighted by Crippen LogP contribution is -2.54. The summed E-state index contributed by atoms with van der Waals surface area (Å²) in [6, 6.07) is 25.4. The molecule has 55 heavy (non-hydrogen) atoms. The van der Waals surface area contributed by atoms with Gasteiger partial charge in [0.15, 0.2) is 0 Å². The van der Waals surface area contributed by atoms with E-state index in [1.54, 1.807) is 12.1 Å². The van der Waals surface area contributed by atoms with E-state index in [0.717, 1.165) is 38.4 Å². The second kappa shape index (κ2) is 18.3. The minimum Gasteiger partial charge on any atom is -0.481 e. The van der Waals surface area contributed by atoms with Gasteiger partial charge in [-0.25, -0.2) is 4.39 Å². The number of H-pyrrole nitrogens is 1. The summed E-state index contributed by atoms with van der Waals surface area (Å²) in [5, 5.41) is 24.0. The minimum atomic E-state index is -1.37. The van der Waals surface area contributed by atoms with Crippen LogP contribution in [0.2, 0.25) is 0 Å². The number of aliphatic carboxylic acids is 1. The zero-order valence-corrected chi connectivity index (χ0v) is 30.5. The summed E-state index contributed by atoms with van der Waals surface area (Å²) in [6.07, 6.45) is 4.47. The minimum absolute atomic E-state index is 0.146. The van der Waals surface area contributed by atoms with Crippen molar-refractivity contribution >= 4 is 51.3 Å². The number of benzene rings is 4. The van der Waals surface area contributed by atoms with Crippen LogP contribution in [-0.2, 0) is 43.2 Å². The number of fused-ring (bicyclic) bond motifs is 2. The summed E-state index contributed by atoms with van der Waals surface area (Å²) in [4.78, 5) is 69.6. The van der Waals surface area contributed by atoms with E-state index in [0.29, 0.717) is 45.1 Å². The van der Waals surface area contributed by atoms with Gasteiger partial charge in [0.1, 0.15) is 17.9 Å². The molecule has 5 aromatic rings. The van der Waals surface area contributed by atoms with E-state index < -0.39 is 54.0 Å². The first-order valence-electron chi connectivity index (χ1n) is 18.8. The van der Waals surface area contributed by atoms with Crippen molar-refractivity contribution in [1.29, 1.82) is 0 Å². The van der Waals surface area contributed by atoms with Crippen molar-refractivity contribution < 1.29 is 33.5 Å². The van der Waals surface area contributed by atoms with Crippen LogP contribution in [0.25, 0.3) is 21.7 Å². The van der Waals surface area contributed by atoms with Gasteiger partial charge in [0.2, 0.25) is 23.6 Å². The van der Waals surface area contributed by atoms with Gasteiger partial charge < -0.3 is 31.4 Å². The molecule has 1 saturated carbocycles. The van der Waals surface area contributed by atoms with Crippen molar-refractivity contribution in [3.05, 3.63) is 120 Å². The summed E-state index contributed by atoms with van der Waals surface area (Å²) in [7, 11) is 0. The summed E-state index contributed by atoms with van der Waals surface area (Å²) >= 11 is 0. The zero-order chi connectivity index (χ0) is 38.7. The number of amides is 4. The molecule has 11 nitrogen and oxygen atoms in total. The Hall–Kier alpha value is -6.04. The topological polar surface area (TPSA) is 169 Å². The molecule has 1 aliphatic carbocycles. The Bertz CT molecular complexity index is 2150. The van der Waals surface area contributed by atoms with Crippen LogP contribution in [0.15, 0.2) is 97.2 Å². The molecule has 6 N–H and O–H groups in total. The second-order valence-corrected chi connectivity index (χ2v) is 14.2. The van der Waals surface area contributed by atoms with Crippen LogP contribution in [0.3, 0.4) is 0 Å². The Morgan fingerprint density at radius 3 is 1.98 bits per heavy atom. The normalized spacial score (nSPS) is 16.5. The van der Waals surface area contributed by atoms with Gasteiger partial charge in [-0.1, -0.05) is 85.6 Å². The second-order valence-electron chi connectivity index (χ2n) is 14.2. The molecule has 1 fully saturated rings. The standard InChI is InChI=1S/C43H46FN5O6/c44-32-17-14-27(15-18-32)19-21-45-43(55)38(25-39(50)51)49-41(53)35-11-4-3-10-34(35)40(52)48-37(24-31-26-47-36-12-6-5-9-33(31)36)42(54)46-22-20-28-13-16-29-7-1-2-8-30(29)23-28/h1-2,5-9,12-18,23,26,34-35,37-38,47H,3-4,10-11,19-22,24-25H2,(H,45,55)(H,46,54)(H,48,52)(H,49,53)(H,50,51)/t34-,35?,37-,38+/m0/s1. The molecule has 4 atom stereocenters. The zero-order valence-electron chi connectivity index (χ0n) is 30.5. The van der Waals surface area contributed by atoms with Crippen molar-refractivity contribution in [2.75, 3.05) is 13.1 Å². The Labute approximate surface area is 318 Å². The van der Waals surface area contributed by atoms with E-state index in [2.05, 4.69) is 38.4 Å². The molecule has 1 aromatic heterocycles. The van der Waals surface area contributed by atoms with E-state index in [4.69, 9.17) is 0 Å². The highest BCUT2D eigenvalue weighted by molar-refractivity contribution is 5.95. The van der Waals surface area contributed by atoms with Crippen LogP contribution in [0.5, 0.6) is 0 Å². The molecule has 0 saturated heterocycles. The van der Waals surface area contributed by atoms with Crippen LogP contribution in [0.1, 0.15) is 48.8 Å². The lowest BCUT2D eigenvalue weighted by Gasteiger charge is -2.32. The predicted octanol–water partition coefficient (Wildman–Crippen LogP) is 4.97. The molecule has 12 heteroatoms. The Balaban J connectivity index is 1.12. The number of carboxylic acid groups (broad SMARTS) is 1. The molecule has 4 amide bonds. The molecule has 0 aliphatic heterocycles. The van der Waals surface area contributed by atoms with E-state index >= 15 is 0 Å². The molecular weight excluding hydrogens is 702 g/mol. The Morgan fingerprint density at radius 1 is 0.709 bits per heavy atom. The first-order valence-corrected chi connectivity index (χ1v) is 18.8. The van der Waals surface area contributed by atoms with Gasteiger partial charge in [0, 0.05) is 48.4 Å². The number of aromatic nitrogens is 1. The average Bonchev–Trinajstić information content (AvgIpc) is 3.60. The molecule has 1 heterocycles. The third-order valence-corrected chi connectivity index (χ3v) is 10.3. The number of rotatable bonds is 16. The molecule has 0 radical (unpaired) electrons. The van der Waals surface area contributed by atoms with Gasteiger partial charge in [-0.05, 0) is 71.3 Å². The maximum atomic E-state index is 14.1. The Kier molecular flexibility index (Phi) is 12.9. The number of carbonyl (C=O) groups is 5. The molecule has 1 unspecified atom stereocenters. The van der Waals surface area contributed by atoms with Crippen LogP contribution in [0.4, 0.5) is 4.39 Å². The molecule has 0 spiro atoms. The first-order chi connectivity index (χ1) is 26.6. The van der Waals surface area contributed by atoms with Crippen molar-refractivity contribution in [1.82, 2.24) is 26.3 Å². The number of hydrogen-bond acceptors (Lipinski definition) is 5. The van der Waals surface area contributed by atoms with E-state index in [1.165, 1.54) is 12.1 Å². The van der Waals surface area contributed by atoms with Crippen LogP contribution in [0, 0.1) is 17.7 Å². The van der Waals surface area contributed by atoms with Gasteiger partial charge in [-0.15, -0.1) is 0 Å². The third-order valence-electron chi connectivity index (χ3n) is 10.3. The van der Waals surface area contributed by atoms with Crippen LogP contribution in [-0.4, -0.2) is 64.9 Å². The maximum Gasteiger partial charge on any atom is 0.305 e. The number of carbonyl (C=O) groups excluding carboxylic acids is 4. The fraction of sp³-hybridized carbons (Fsp3) is 0.326. The van der Waals surface area contributed by atoms with Gasteiger partial charge in [-0.2, -0.15) is 0 Å². The number of halogens is 1. The summed E-state index contributed by atoms with van der Waals surface area (Å²) in [6.45, 7) is 0.496. The predicted molar refractivity (Wildman–Crippen MR) is 207 cm³/mol. The van der Waals surface area contributed by atoms with E-state index in [1.807, 2.05) is 60.8 Å². The highest BCUT2D eigenvalue weighted by Gasteiger charge is 2.39. The largest absolute Gasteiger partial charge is 0.481 e. The van der Waals surface area contributed by atoms with E-state index in [9.17, 15) is 33.5 Å². The van der Waals surface area contributed by atoms with Crippen molar-refractivity contribution in [2.45, 2.75) is 63.5 Å². The molecule has 0 bridgehead atoms. The van der Waals surface area contributed by atoms with Crippen molar-refractivity contribution in [3.8, 4) is 0 Å². The third kappa shape index (κ3) is 10.3. The maximum absolute atomic E-state index is 14.1. The summed E-state index contributed by atoms with van der Waals surface area (Å²) in [5.41, 5.74) is 3.59. The van der Waals surface area contributed by atoms with Crippen LogP contribution < -0.4 is 21.3 Å². The number of aromatic amines is 1. The average molecular weight is 748 g/mol. The monoisotopic (exact) mass is 747 g/mol. The molecular formula is C43H46FN5O6. The van der Waals surface area contributed by atoms with Gasteiger partial charge in [0.25, 0.3) is 0 Å². The quantitative estimate of drug-likeness (QED) is 0.0833. The molecule has 1 aliphatic rings. The molecule has 4 aromatic carbocycles. The summed E-state index contributed by atoms with van der Waals surface area (Å²) < 4.78 is 13.3. The van der Waals surface area contributed by atoms with Gasteiger partial charge in [0.05, 0.1) is 6.42 Å². The first kappa shape index (κ1) is 38.7. The SMILES string of the molecule is O=C(O)C[C@@H](NC(=O)C1CCCC[C@@H]1C(=O)N[C@@H](Cc1c[nH]c2ccccc12)C(=O)NCCc1ccc2ccccc2c1)C(=O)NCCc1ccc(F)cc1. The number of nitrogens with one attached hydrogen (secondary N) is 5. The van der Waals surface area contributed by atoms with Crippen molar-refractivity contribution in [3.63, 3.8) is 0 Å². The lowest BCUT2D eigenvalue weighted by molar-refractivity contribution is -0.142. The number of hydrogen-bond donors (Lipinski definition) is 6. The fourth-order valence-electron chi connectivity index (χ4n) is 7.38. The van der Waals surface area contributed by atoms with E-state index in [-0.39, 0.29) is 24.7 Å². The lowest BCUT2D eigenvalue weighted by atomic mass is 9.77. The highest BCUT2D eigenvalue weighted by atomic mass is 19.1.